The van der Waals surface area contributed by atoms with E-state index in [4.69, 9.17) is 5.11 Å². The molecule has 1 aromatic rings. The fraction of sp³-hybridized carbons (Fsp3) is 0.455. The summed E-state index contributed by atoms with van der Waals surface area (Å²) in [5.74, 6) is -0.190. The summed E-state index contributed by atoms with van der Waals surface area (Å²) in [5.41, 5.74) is 0.984. The van der Waals surface area contributed by atoms with Crippen molar-refractivity contribution in [3.8, 4) is 0 Å². The van der Waals surface area contributed by atoms with Crippen LogP contribution in [0.15, 0.2) is 28.7 Å². The van der Waals surface area contributed by atoms with Crippen molar-refractivity contribution in [2.75, 3.05) is 12.9 Å². The first-order chi connectivity index (χ1) is 7.45. The lowest BCUT2D eigenvalue weighted by Gasteiger charge is -1.99. The number of aliphatic hydroxyl groups excluding tert-OH is 1. The lowest BCUT2D eigenvalue weighted by molar-refractivity contribution is 0.274. The molecule has 1 saturated carbocycles. The Balaban J connectivity index is 2.27. The molecule has 1 aliphatic rings. The Morgan fingerprint density at radius 3 is 2.25 bits per heavy atom. The zero-order valence-corrected chi connectivity index (χ0v) is 11.2. The molecule has 0 spiro atoms. The first-order valence-corrected chi connectivity index (χ1v) is 7.75. The van der Waals surface area contributed by atoms with Crippen molar-refractivity contribution in [2.24, 2.45) is 5.92 Å². The molecule has 0 saturated heterocycles. The van der Waals surface area contributed by atoms with Crippen molar-refractivity contribution in [3.05, 3.63) is 34.3 Å². The Bertz CT molecular complexity index is 480. The van der Waals surface area contributed by atoms with Crippen molar-refractivity contribution < 1.29 is 13.5 Å². The fourth-order valence-electron chi connectivity index (χ4n) is 2.27. The van der Waals surface area contributed by atoms with Gasteiger partial charge in [-0.3, -0.25) is 0 Å². The average molecular weight is 305 g/mol. The highest BCUT2D eigenvalue weighted by atomic mass is 79.9. The second-order valence-corrected chi connectivity index (χ2v) is 7.34. The van der Waals surface area contributed by atoms with Gasteiger partial charge in [0.2, 0.25) is 0 Å². The van der Waals surface area contributed by atoms with Crippen molar-refractivity contribution in [2.45, 2.75) is 11.2 Å². The zero-order chi connectivity index (χ0) is 11.9. The number of halogens is 1. The molecule has 3 nitrogen and oxygen atoms in total. The van der Waals surface area contributed by atoms with Crippen LogP contribution < -0.4 is 0 Å². The van der Waals surface area contributed by atoms with E-state index in [0.717, 1.165) is 10.0 Å². The maximum atomic E-state index is 11.5. The molecule has 1 aromatic carbocycles. The van der Waals surface area contributed by atoms with Crippen LogP contribution in [0.1, 0.15) is 11.5 Å². The lowest BCUT2D eigenvalue weighted by atomic mass is 10.1. The molecule has 0 radical (unpaired) electrons. The molecule has 88 valence electrons. The molecule has 0 unspecified atom stereocenters. The molecule has 5 heteroatoms. The van der Waals surface area contributed by atoms with Crippen molar-refractivity contribution >= 4 is 25.8 Å². The molecule has 0 aliphatic heterocycles. The van der Waals surface area contributed by atoms with Gasteiger partial charge in [-0.05, 0) is 17.7 Å². The van der Waals surface area contributed by atoms with E-state index in [-0.39, 0.29) is 18.4 Å². The van der Waals surface area contributed by atoms with E-state index in [9.17, 15) is 8.42 Å². The van der Waals surface area contributed by atoms with Gasteiger partial charge in [-0.15, -0.1) is 0 Å². The van der Waals surface area contributed by atoms with E-state index in [1.54, 1.807) is 0 Å². The van der Waals surface area contributed by atoms with Crippen LogP contribution in [-0.2, 0) is 9.84 Å². The standard InChI is InChI=1S/C11H13BrO3S/c1-16(14,15)11-9(6-13)10(11)7-2-4-8(12)5-3-7/h2-5,9-11,13H,6H2,1H3/t9-,10-,11+/m0/s1. The van der Waals surface area contributed by atoms with Crippen LogP contribution in [0, 0.1) is 5.92 Å². The van der Waals surface area contributed by atoms with Gasteiger partial charge in [-0.2, -0.15) is 0 Å². The van der Waals surface area contributed by atoms with Gasteiger partial charge in [0.15, 0.2) is 9.84 Å². The Kier molecular flexibility index (Phi) is 3.11. The third-order valence-corrected chi connectivity index (χ3v) is 5.22. The van der Waals surface area contributed by atoms with E-state index in [0.29, 0.717) is 0 Å². The van der Waals surface area contributed by atoms with Gasteiger partial charge in [0, 0.05) is 29.2 Å². The van der Waals surface area contributed by atoms with Crippen LogP contribution in [0.5, 0.6) is 0 Å². The summed E-state index contributed by atoms with van der Waals surface area (Å²) >= 11 is 3.33. The molecule has 0 bridgehead atoms. The smallest absolute Gasteiger partial charge is 0.151 e. The average Bonchev–Trinajstić information content (AvgIpc) is 2.92. The minimum Gasteiger partial charge on any atom is -0.396 e. The second-order valence-electron chi connectivity index (χ2n) is 4.22. The number of benzene rings is 1. The van der Waals surface area contributed by atoms with E-state index in [1.807, 2.05) is 24.3 Å². The monoisotopic (exact) mass is 304 g/mol. The summed E-state index contributed by atoms with van der Waals surface area (Å²) in [6.07, 6.45) is 1.24. The maximum Gasteiger partial charge on any atom is 0.151 e. The number of sulfone groups is 1. The minimum absolute atomic E-state index is 0.0481. The Hall–Kier alpha value is -0.390. The third-order valence-electron chi connectivity index (χ3n) is 3.06. The Labute approximate surface area is 104 Å². The first-order valence-electron chi connectivity index (χ1n) is 5.00. The molecule has 0 amide bonds. The van der Waals surface area contributed by atoms with Gasteiger partial charge in [0.25, 0.3) is 0 Å². The number of aliphatic hydroxyl groups is 1. The number of hydrogen-bond acceptors (Lipinski definition) is 3. The molecule has 2 rings (SSSR count). The highest BCUT2D eigenvalue weighted by Gasteiger charge is 2.56. The zero-order valence-electron chi connectivity index (χ0n) is 8.80. The van der Waals surface area contributed by atoms with Gasteiger partial charge in [0.05, 0.1) is 5.25 Å². The summed E-state index contributed by atoms with van der Waals surface area (Å²) in [6.45, 7) is -0.0710. The molecule has 0 aromatic heterocycles. The topological polar surface area (TPSA) is 54.4 Å². The van der Waals surface area contributed by atoms with Gasteiger partial charge in [-0.25, -0.2) is 8.42 Å². The molecule has 1 N–H and O–H groups in total. The molecular weight excluding hydrogens is 292 g/mol. The van der Waals surface area contributed by atoms with Crippen LogP contribution in [0.3, 0.4) is 0 Å². The first kappa shape index (κ1) is 12.1. The van der Waals surface area contributed by atoms with E-state index < -0.39 is 15.1 Å². The SMILES string of the molecule is CS(=O)(=O)[C@@H]1[C@@H](CO)[C@@H]1c1ccc(Br)cc1. The van der Waals surface area contributed by atoms with Crippen molar-refractivity contribution in [1.29, 1.82) is 0 Å². The van der Waals surface area contributed by atoms with Crippen LogP contribution in [-0.4, -0.2) is 31.6 Å². The van der Waals surface area contributed by atoms with Gasteiger partial charge < -0.3 is 5.11 Å². The third kappa shape index (κ3) is 2.17. The maximum absolute atomic E-state index is 11.5. The van der Waals surface area contributed by atoms with E-state index >= 15 is 0 Å². The summed E-state index contributed by atoms with van der Waals surface area (Å²) in [4.78, 5) is 0. The predicted octanol–water partition coefficient (Wildman–Crippen LogP) is 1.57. The normalized spacial score (nSPS) is 29.1. The molecule has 16 heavy (non-hydrogen) atoms. The molecule has 3 atom stereocenters. The highest BCUT2D eigenvalue weighted by molar-refractivity contribution is 9.10. The molecule has 0 heterocycles. The quantitative estimate of drug-likeness (QED) is 0.922. The summed E-state index contributed by atoms with van der Waals surface area (Å²) < 4.78 is 24.0. The van der Waals surface area contributed by atoms with Gasteiger partial charge in [-0.1, -0.05) is 28.1 Å². The predicted molar refractivity (Wildman–Crippen MR) is 66.1 cm³/mol. The minimum atomic E-state index is -3.07. The Morgan fingerprint density at radius 2 is 1.88 bits per heavy atom. The summed E-state index contributed by atoms with van der Waals surface area (Å²) in [6, 6.07) is 7.59. The molecular formula is C11H13BrO3S. The van der Waals surface area contributed by atoms with Crippen LogP contribution in [0.2, 0.25) is 0 Å². The highest BCUT2D eigenvalue weighted by Crippen LogP contribution is 2.51. The van der Waals surface area contributed by atoms with Gasteiger partial charge >= 0.3 is 0 Å². The largest absolute Gasteiger partial charge is 0.396 e. The van der Waals surface area contributed by atoms with Crippen LogP contribution in [0.4, 0.5) is 0 Å². The molecule has 1 aliphatic carbocycles. The fourth-order valence-corrected chi connectivity index (χ4v) is 4.22. The summed E-state index contributed by atoms with van der Waals surface area (Å²) in [5, 5.41) is 8.73. The van der Waals surface area contributed by atoms with Crippen LogP contribution in [0.25, 0.3) is 0 Å². The summed E-state index contributed by atoms with van der Waals surface area (Å²) in [7, 11) is -3.07. The number of rotatable bonds is 3. The van der Waals surface area contributed by atoms with E-state index in [1.165, 1.54) is 6.26 Å². The second kappa shape index (κ2) is 4.13. The Morgan fingerprint density at radius 1 is 1.31 bits per heavy atom. The number of hydrogen-bond donors (Lipinski definition) is 1. The molecule has 1 fully saturated rings. The van der Waals surface area contributed by atoms with Crippen molar-refractivity contribution in [3.63, 3.8) is 0 Å². The lowest BCUT2D eigenvalue weighted by Crippen LogP contribution is -2.08. The van der Waals surface area contributed by atoms with Crippen LogP contribution >= 0.6 is 15.9 Å². The van der Waals surface area contributed by atoms with E-state index in [2.05, 4.69) is 15.9 Å². The van der Waals surface area contributed by atoms with Crippen molar-refractivity contribution in [1.82, 2.24) is 0 Å². The van der Waals surface area contributed by atoms with Gasteiger partial charge in [0.1, 0.15) is 0 Å².